The van der Waals surface area contributed by atoms with Gasteiger partial charge in [0.25, 0.3) is 0 Å². The largest absolute Gasteiger partial charge is 0.339 e. The Kier molecular flexibility index (Phi) is 5.07. The van der Waals surface area contributed by atoms with Crippen molar-refractivity contribution in [1.82, 2.24) is 15.2 Å². The average molecular weight is 348 g/mol. The lowest BCUT2D eigenvalue weighted by atomic mass is 10.1. The minimum absolute atomic E-state index is 0.125. The molecule has 0 aliphatic heterocycles. The fourth-order valence-corrected chi connectivity index (χ4v) is 2.43. The predicted molar refractivity (Wildman–Crippen MR) is 103 cm³/mol. The Morgan fingerprint density at radius 2 is 1.81 bits per heavy atom. The highest BCUT2D eigenvalue weighted by molar-refractivity contribution is 5.89. The summed E-state index contributed by atoms with van der Waals surface area (Å²) in [6.45, 7) is 5.54. The van der Waals surface area contributed by atoms with Crippen LogP contribution in [-0.4, -0.2) is 21.1 Å². The Morgan fingerprint density at radius 3 is 2.62 bits per heavy atom. The van der Waals surface area contributed by atoms with Crippen LogP contribution in [0.3, 0.4) is 0 Å². The Balaban J connectivity index is 1.77. The Labute approximate surface area is 151 Å². The molecule has 0 fully saturated rings. The number of aryl methyl sites for hydroxylation is 2. The van der Waals surface area contributed by atoms with Crippen LogP contribution in [-0.2, 0) is 4.79 Å². The third kappa shape index (κ3) is 4.54. The lowest BCUT2D eigenvalue weighted by Crippen LogP contribution is -2.06. The van der Waals surface area contributed by atoms with E-state index in [4.69, 9.17) is 0 Å². The maximum absolute atomic E-state index is 11.2. The zero-order chi connectivity index (χ0) is 18.5. The van der Waals surface area contributed by atoms with E-state index in [1.54, 1.807) is 12.3 Å². The van der Waals surface area contributed by atoms with E-state index >= 15 is 0 Å². The van der Waals surface area contributed by atoms with E-state index in [9.17, 15) is 4.79 Å². The molecule has 3 N–H and O–H groups in total. The number of carbonyl (C=O) groups excluding carboxylic acids is 1. The fraction of sp³-hybridized carbons (Fsp3) is 0.158. The van der Waals surface area contributed by atoms with Gasteiger partial charge in [0, 0.05) is 24.0 Å². The first-order chi connectivity index (χ1) is 12.5. The number of aromatic nitrogens is 3. The minimum Gasteiger partial charge on any atom is -0.339 e. The van der Waals surface area contributed by atoms with E-state index in [0.29, 0.717) is 17.5 Å². The summed E-state index contributed by atoms with van der Waals surface area (Å²) in [6.07, 6.45) is 1.57. The van der Waals surface area contributed by atoms with E-state index in [1.807, 2.05) is 32.0 Å². The third-order valence-corrected chi connectivity index (χ3v) is 3.65. The smallest absolute Gasteiger partial charge is 0.249 e. The summed E-state index contributed by atoms with van der Waals surface area (Å²) in [7, 11) is 0. The van der Waals surface area contributed by atoms with Crippen molar-refractivity contribution in [2.24, 2.45) is 0 Å². The molecule has 0 atom stereocenters. The van der Waals surface area contributed by atoms with Crippen LogP contribution in [0, 0.1) is 13.8 Å². The van der Waals surface area contributed by atoms with Gasteiger partial charge in [-0.05, 0) is 49.2 Å². The van der Waals surface area contributed by atoms with Gasteiger partial charge in [-0.3, -0.25) is 4.79 Å². The number of amides is 1. The summed E-state index contributed by atoms with van der Waals surface area (Å²) in [4.78, 5) is 15.6. The second-order valence-corrected chi connectivity index (χ2v) is 6.00. The van der Waals surface area contributed by atoms with Gasteiger partial charge in [0.05, 0.1) is 6.20 Å². The molecule has 26 heavy (non-hydrogen) atoms. The SMILES string of the molecule is CC(=O)Nc1cccc(Nc2nncc(Nc3cc(C)ccc3C)n2)c1. The number of benzene rings is 2. The van der Waals surface area contributed by atoms with Crippen LogP contribution in [0.2, 0.25) is 0 Å². The quantitative estimate of drug-likeness (QED) is 0.647. The van der Waals surface area contributed by atoms with Gasteiger partial charge in [-0.25, -0.2) is 0 Å². The maximum atomic E-state index is 11.2. The van der Waals surface area contributed by atoms with Crippen molar-refractivity contribution < 1.29 is 4.79 Å². The number of nitrogens with one attached hydrogen (secondary N) is 3. The normalized spacial score (nSPS) is 10.3. The average Bonchev–Trinajstić information content (AvgIpc) is 2.58. The molecule has 1 aromatic heterocycles. The van der Waals surface area contributed by atoms with Crippen LogP contribution in [0.15, 0.2) is 48.7 Å². The van der Waals surface area contributed by atoms with Gasteiger partial charge >= 0.3 is 0 Å². The standard InChI is InChI=1S/C19H20N6O/c1-12-7-8-13(2)17(9-12)23-18-11-20-25-19(24-18)22-16-6-4-5-15(10-16)21-14(3)26/h4-11H,1-3H3,(H,21,26)(H2,22,23,24,25). The van der Waals surface area contributed by atoms with Crippen molar-refractivity contribution >= 4 is 34.7 Å². The summed E-state index contributed by atoms with van der Waals surface area (Å²) in [6, 6.07) is 13.5. The molecule has 7 heteroatoms. The lowest BCUT2D eigenvalue weighted by molar-refractivity contribution is -0.114. The highest BCUT2D eigenvalue weighted by atomic mass is 16.1. The van der Waals surface area contributed by atoms with Crippen LogP contribution >= 0.6 is 0 Å². The molecule has 132 valence electrons. The predicted octanol–water partition coefficient (Wildman–Crippen LogP) is 3.93. The molecule has 0 unspecified atom stereocenters. The van der Waals surface area contributed by atoms with Crippen molar-refractivity contribution in [1.29, 1.82) is 0 Å². The van der Waals surface area contributed by atoms with Crippen molar-refractivity contribution in [3.63, 3.8) is 0 Å². The van der Waals surface area contributed by atoms with Crippen LogP contribution in [0.25, 0.3) is 0 Å². The van der Waals surface area contributed by atoms with E-state index < -0.39 is 0 Å². The molecule has 0 saturated carbocycles. The van der Waals surface area contributed by atoms with Crippen LogP contribution < -0.4 is 16.0 Å². The Hall–Kier alpha value is -3.48. The van der Waals surface area contributed by atoms with Gasteiger partial charge in [-0.2, -0.15) is 10.1 Å². The Bertz CT molecular complexity index is 941. The van der Waals surface area contributed by atoms with Crippen molar-refractivity contribution in [3.8, 4) is 0 Å². The number of rotatable bonds is 5. The molecule has 3 rings (SSSR count). The molecule has 3 aromatic rings. The van der Waals surface area contributed by atoms with E-state index in [-0.39, 0.29) is 5.91 Å². The van der Waals surface area contributed by atoms with Crippen LogP contribution in [0.1, 0.15) is 18.1 Å². The highest BCUT2D eigenvalue weighted by Crippen LogP contribution is 2.22. The maximum Gasteiger partial charge on any atom is 0.249 e. The molecule has 7 nitrogen and oxygen atoms in total. The zero-order valence-corrected chi connectivity index (χ0v) is 14.9. The molecule has 1 amide bonds. The van der Waals surface area contributed by atoms with Gasteiger partial charge in [0.2, 0.25) is 11.9 Å². The molecule has 2 aromatic carbocycles. The molecule has 0 aliphatic rings. The topological polar surface area (TPSA) is 91.8 Å². The number of anilines is 5. The molecular formula is C19H20N6O. The van der Waals surface area contributed by atoms with E-state index in [0.717, 1.165) is 22.5 Å². The first-order valence-electron chi connectivity index (χ1n) is 8.18. The first-order valence-corrected chi connectivity index (χ1v) is 8.18. The molecule has 0 saturated heterocycles. The summed E-state index contributed by atoms with van der Waals surface area (Å²) >= 11 is 0. The summed E-state index contributed by atoms with van der Waals surface area (Å²) in [5.41, 5.74) is 4.70. The van der Waals surface area contributed by atoms with Gasteiger partial charge < -0.3 is 16.0 Å². The summed E-state index contributed by atoms with van der Waals surface area (Å²) in [5, 5.41) is 17.1. The van der Waals surface area contributed by atoms with Crippen LogP contribution in [0.4, 0.5) is 28.8 Å². The van der Waals surface area contributed by atoms with E-state index in [1.165, 1.54) is 6.92 Å². The molecule has 0 aliphatic carbocycles. The van der Waals surface area contributed by atoms with Crippen molar-refractivity contribution in [2.45, 2.75) is 20.8 Å². The number of hydrogen-bond donors (Lipinski definition) is 3. The van der Waals surface area contributed by atoms with Gasteiger partial charge in [0.1, 0.15) is 0 Å². The molecule has 1 heterocycles. The van der Waals surface area contributed by atoms with Crippen LogP contribution in [0.5, 0.6) is 0 Å². The van der Waals surface area contributed by atoms with E-state index in [2.05, 4.69) is 49.3 Å². The first kappa shape index (κ1) is 17.3. The number of hydrogen-bond acceptors (Lipinski definition) is 6. The molecule has 0 radical (unpaired) electrons. The minimum atomic E-state index is -0.125. The lowest BCUT2D eigenvalue weighted by Gasteiger charge is -2.11. The Morgan fingerprint density at radius 1 is 1.00 bits per heavy atom. The molecule has 0 bridgehead atoms. The monoisotopic (exact) mass is 348 g/mol. The third-order valence-electron chi connectivity index (χ3n) is 3.65. The number of nitrogens with zero attached hydrogens (tertiary/aromatic N) is 3. The second-order valence-electron chi connectivity index (χ2n) is 6.00. The van der Waals surface area contributed by atoms with Crippen molar-refractivity contribution in [3.05, 3.63) is 59.8 Å². The highest BCUT2D eigenvalue weighted by Gasteiger charge is 2.05. The number of carbonyl (C=O) groups is 1. The zero-order valence-electron chi connectivity index (χ0n) is 14.9. The second kappa shape index (κ2) is 7.60. The molecular weight excluding hydrogens is 328 g/mol. The fourth-order valence-electron chi connectivity index (χ4n) is 2.43. The van der Waals surface area contributed by atoms with Crippen molar-refractivity contribution in [2.75, 3.05) is 16.0 Å². The summed E-state index contributed by atoms with van der Waals surface area (Å²) in [5.74, 6) is 0.828. The van der Waals surface area contributed by atoms with Gasteiger partial charge in [-0.15, -0.1) is 5.10 Å². The summed E-state index contributed by atoms with van der Waals surface area (Å²) < 4.78 is 0. The van der Waals surface area contributed by atoms with Gasteiger partial charge in [-0.1, -0.05) is 18.2 Å². The van der Waals surface area contributed by atoms with Gasteiger partial charge in [0.15, 0.2) is 5.82 Å². The molecule has 0 spiro atoms.